The van der Waals surface area contributed by atoms with Gasteiger partial charge in [-0.3, -0.25) is 10.1 Å². The van der Waals surface area contributed by atoms with Crippen LogP contribution in [0.4, 0.5) is 5.13 Å². The second-order valence-electron chi connectivity index (χ2n) is 5.52. The highest BCUT2D eigenvalue weighted by molar-refractivity contribution is 7.28. The minimum absolute atomic E-state index is 0.162. The van der Waals surface area contributed by atoms with Gasteiger partial charge in [-0.05, 0) is 31.2 Å². The van der Waals surface area contributed by atoms with Crippen LogP contribution in [0.3, 0.4) is 0 Å². The fraction of sp³-hybridized carbons (Fsp3) is 0.0588. The van der Waals surface area contributed by atoms with Crippen LogP contribution in [0.25, 0.3) is 32.0 Å². The SMILES string of the molecule is Cc1nc2ccc3nc(NC(=O)c4cc(-c5ccco5)on4)sc3c2s1. The lowest BCUT2D eigenvalue weighted by Crippen LogP contribution is -2.11. The predicted molar refractivity (Wildman–Crippen MR) is 99.7 cm³/mol. The Labute approximate surface area is 154 Å². The molecule has 0 unspecified atom stereocenters. The summed E-state index contributed by atoms with van der Waals surface area (Å²) >= 11 is 3.04. The number of nitrogens with zero attached hydrogens (tertiary/aromatic N) is 3. The maximum Gasteiger partial charge on any atom is 0.279 e. The largest absolute Gasteiger partial charge is 0.461 e. The molecule has 1 aromatic carbocycles. The number of aromatic nitrogens is 3. The van der Waals surface area contributed by atoms with Crippen LogP contribution in [0.15, 0.2) is 45.5 Å². The fourth-order valence-electron chi connectivity index (χ4n) is 2.62. The molecule has 0 spiro atoms. The molecule has 5 aromatic rings. The summed E-state index contributed by atoms with van der Waals surface area (Å²) in [5, 5.41) is 8.08. The van der Waals surface area contributed by atoms with Crippen molar-refractivity contribution < 1.29 is 13.7 Å². The quantitative estimate of drug-likeness (QED) is 0.485. The minimum atomic E-state index is -0.387. The maximum atomic E-state index is 12.4. The first-order valence-corrected chi connectivity index (χ1v) is 9.29. The average molecular weight is 382 g/mol. The van der Waals surface area contributed by atoms with Gasteiger partial charge in [0.05, 0.1) is 31.7 Å². The van der Waals surface area contributed by atoms with Gasteiger partial charge in [0, 0.05) is 6.07 Å². The predicted octanol–water partition coefficient (Wildman–Crippen LogP) is 4.71. The average Bonchev–Trinajstić information content (AvgIpc) is 3.38. The summed E-state index contributed by atoms with van der Waals surface area (Å²) in [6, 6.07) is 8.86. The Morgan fingerprint density at radius 2 is 1.88 bits per heavy atom. The van der Waals surface area contributed by atoms with E-state index < -0.39 is 0 Å². The number of nitrogens with one attached hydrogen (secondary N) is 1. The van der Waals surface area contributed by atoms with E-state index in [0.29, 0.717) is 16.7 Å². The van der Waals surface area contributed by atoms with E-state index in [4.69, 9.17) is 8.94 Å². The second-order valence-corrected chi connectivity index (χ2v) is 7.72. The van der Waals surface area contributed by atoms with E-state index in [-0.39, 0.29) is 11.6 Å². The highest BCUT2D eigenvalue weighted by Gasteiger charge is 2.18. The lowest BCUT2D eigenvalue weighted by molar-refractivity contribution is 0.101. The van der Waals surface area contributed by atoms with Crippen molar-refractivity contribution >= 4 is 54.1 Å². The van der Waals surface area contributed by atoms with Crippen molar-refractivity contribution in [2.24, 2.45) is 0 Å². The summed E-state index contributed by atoms with van der Waals surface area (Å²) in [4.78, 5) is 21.4. The van der Waals surface area contributed by atoms with Crippen LogP contribution in [0, 0.1) is 6.92 Å². The zero-order chi connectivity index (χ0) is 17.7. The molecule has 0 saturated heterocycles. The Bertz CT molecular complexity index is 1250. The van der Waals surface area contributed by atoms with E-state index in [2.05, 4.69) is 20.4 Å². The third-order valence-corrected chi connectivity index (χ3v) is 5.88. The van der Waals surface area contributed by atoms with E-state index in [0.717, 1.165) is 25.4 Å². The van der Waals surface area contributed by atoms with Crippen LogP contribution in [0.2, 0.25) is 0 Å². The maximum absolute atomic E-state index is 12.4. The van der Waals surface area contributed by atoms with Crippen molar-refractivity contribution in [2.75, 3.05) is 5.32 Å². The number of rotatable bonds is 3. The van der Waals surface area contributed by atoms with Gasteiger partial charge < -0.3 is 8.94 Å². The van der Waals surface area contributed by atoms with Crippen molar-refractivity contribution in [1.82, 2.24) is 15.1 Å². The summed E-state index contributed by atoms with van der Waals surface area (Å²) in [6.45, 7) is 1.97. The molecule has 0 bridgehead atoms. The van der Waals surface area contributed by atoms with Gasteiger partial charge in [-0.25, -0.2) is 9.97 Å². The van der Waals surface area contributed by atoms with Crippen LogP contribution >= 0.6 is 22.7 Å². The lowest BCUT2D eigenvalue weighted by Gasteiger charge is -1.95. The number of furan rings is 1. The van der Waals surface area contributed by atoms with Gasteiger partial charge in [-0.2, -0.15) is 0 Å². The van der Waals surface area contributed by atoms with Crippen LogP contribution in [0.5, 0.6) is 0 Å². The zero-order valence-electron chi connectivity index (χ0n) is 13.3. The summed E-state index contributed by atoms with van der Waals surface area (Å²) in [7, 11) is 0. The van der Waals surface area contributed by atoms with Crippen LogP contribution in [0.1, 0.15) is 15.5 Å². The number of carbonyl (C=O) groups is 1. The Morgan fingerprint density at radius 1 is 1.08 bits per heavy atom. The van der Waals surface area contributed by atoms with Gasteiger partial charge in [-0.1, -0.05) is 16.5 Å². The number of hydrogen-bond donors (Lipinski definition) is 1. The van der Waals surface area contributed by atoms with Gasteiger partial charge in [0.15, 0.2) is 16.6 Å². The molecule has 128 valence electrons. The number of thiazole rings is 2. The van der Waals surface area contributed by atoms with Crippen molar-refractivity contribution in [3.63, 3.8) is 0 Å². The first-order valence-electron chi connectivity index (χ1n) is 7.66. The molecule has 0 aliphatic carbocycles. The summed E-state index contributed by atoms with van der Waals surface area (Å²) in [5.41, 5.74) is 1.94. The van der Waals surface area contributed by atoms with E-state index in [1.807, 2.05) is 19.1 Å². The molecular formula is C17H10N4O3S2. The Balaban J connectivity index is 1.45. The molecule has 0 atom stereocenters. The molecule has 1 amide bonds. The molecule has 4 heterocycles. The number of carbonyl (C=O) groups excluding carboxylic acids is 1. The van der Waals surface area contributed by atoms with Crippen molar-refractivity contribution in [1.29, 1.82) is 0 Å². The fourth-order valence-corrected chi connectivity index (χ4v) is 4.62. The van der Waals surface area contributed by atoms with Crippen LogP contribution < -0.4 is 5.32 Å². The number of hydrogen-bond acceptors (Lipinski definition) is 8. The third-order valence-electron chi connectivity index (χ3n) is 3.75. The molecule has 0 saturated carbocycles. The number of aryl methyl sites for hydroxylation is 1. The number of fused-ring (bicyclic) bond motifs is 3. The number of benzene rings is 1. The molecule has 5 rings (SSSR count). The monoisotopic (exact) mass is 382 g/mol. The van der Waals surface area contributed by atoms with Crippen LogP contribution in [-0.2, 0) is 0 Å². The molecule has 9 heteroatoms. The van der Waals surface area contributed by atoms with Crippen molar-refractivity contribution in [2.45, 2.75) is 6.92 Å². The highest BCUT2D eigenvalue weighted by atomic mass is 32.1. The van der Waals surface area contributed by atoms with Crippen molar-refractivity contribution in [3.05, 3.63) is 47.3 Å². The molecule has 4 aromatic heterocycles. The number of amides is 1. The zero-order valence-corrected chi connectivity index (χ0v) is 15.0. The molecule has 7 nitrogen and oxygen atoms in total. The van der Waals surface area contributed by atoms with Crippen LogP contribution in [-0.4, -0.2) is 21.0 Å². The summed E-state index contributed by atoms with van der Waals surface area (Å²) in [6.07, 6.45) is 1.53. The molecular weight excluding hydrogens is 372 g/mol. The minimum Gasteiger partial charge on any atom is -0.461 e. The summed E-state index contributed by atoms with van der Waals surface area (Å²) < 4.78 is 12.5. The van der Waals surface area contributed by atoms with Gasteiger partial charge >= 0.3 is 0 Å². The summed E-state index contributed by atoms with van der Waals surface area (Å²) in [5.74, 6) is 0.521. The molecule has 1 N–H and O–H groups in total. The van der Waals surface area contributed by atoms with Gasteiger partial charge in [0.2, 0.25) is 5.76 Å². The highest BCUT2D eigenvalue weighted by Crippen LogP contribution is 2.35. The van der Waals surface area contributed by atoms with Crippen molar-refractivity contribution in [3.8, 4) is 11.5 Å². The smallest absolute Gasteiger partial charge is 0.279 e. The molecule has 26 heavy (non-hydrogen) atoms. The third kappa shape index (κ3) is 2.49. The Morgan fingerprint density at radius 3 is 2.69 bits per heavy atom. The topological polar surface area (TPSA) is 94.1 Å². The van der Waals surface area contributed by atoms with Gasteiger partial charge in [-0.15, -0.1) is 11.3 Å². The molecule has 0 aliphatic rings. The standard InChI is InChI=1S/C17H10N4O3S2/c1-8-18-9-4-5-10-15(14(9)25-8)26-17(19-10)20-16(22)11-7-13(24-21-11)12-3-2-6-23-12/h2-7H,1H3,(H,19,20,22). The van der Waals surface area contributed by atoms with E-state index in [1.54, 1.807) is 23.5 Å². The lowest BCUT2D eigenvalue weighted by atomic mass is 10.3. The van der Waals surface area contributed by atoms with E-state index in [9.17, 15) is 4.79 Å². The first kappa shape index (κ1) is 15.2. The number of anilines is 1. The molecule has 0 aliphatic heterocycles. The molecule has 0 fully saturated rings. The molecule has 0 radical (unpaired) electrons. The first-order chi connectivity index (χ1) is 12.7. The van der Waals surface area contributed by atoms with E-state index >= 15 is 0 Å². The normalized spacial score (nSPS) is 11.4. The van der Waals surface area contributed by atoms with E-state index in [1.165, 1.54) is 23.7 Å². The van der Waals surface area contributed by atoms with Gasteiger partial charge in [0.25, 0.3) is 5.91 Å². The Hall–Kier alpha value is -3.04. The Kier molecular flexibility index (Phi) is 3.37. The van der Waals surface area contributed by atoms with Gasteiger partial charge in [0.1, 0.15) is 0 Å². The second kappa shape index (κ2) is 5.75.